The van der Waals surface area contributed by atoms with Crippen molar-refractivity contribution in [3.8, 4) is 16.6 Å². The van der Waals surface area contributed by atoms with Gasteiger partial charge in [0, 0.05) is 18.5 Å². The smallest absolute Gasteiger partial charge is 0.407 e. The third kappa shape index (κ3) is 7.02. The van der Waals surface area contributed by atoms with Gasteiger partial charge in [-0.15, -0.1) is 17.9 Å². The van der Waals surface area contributed by atoms with Gasteiger partial charge in [0.1, 0.15) is 23.7 Å². The first kappa shape index (κ1) is 33.3. The number of likely N-dealkylation sites (tertiary alicyclic amines) is 1. The van der Waals surface area contributed by atoms with Gasteiger partial charge < -0.3 is 25.0 Å². The molecule has 14 nitrogen and oxygen atoms in total. The monoisotopic (exact) mass is 674 g/mol. The minimum Gasteiger partial charge on any atom is -0.458 e. The largest absolute Gasteiger partial charge is 0.458 e. The van der Waals surface area contributed by atoms with E-state index in [2.05, 4.69) is 31.9 Å². The minimum absolute atomic E-state index is 0.01000. The highest BCUT2D eigenvalue weighted by Crippen LogP contribution is 2.45. The number of carbonyl (C=O) groups excluding carboxylic acids is 4. The molecule has 3 heterocycles. The number of aromatic nitrogens is 2. The van der Waals surface area contributed by atoms with Crippen LogP contribution in [0.5, 0.6) is 6.01 Å². The molecule has 3 N–H and O–H groups in total. The lowest BCUT2D eigenvalue weighted by Crippen LogP contribution is -2.60. The Bertz CT molecular complexity index is 1620. The van der Waals surface area contributed by atoms with E-state index in [1.54, 1.807) is 33.0 Å². The summed E-state index contributed by atoms with van der Waals surface area (Å²) in [4.78, 5) is 64.5. The predicted octanol–water partition coefficient (Wildman–Crippen LogP) is 1.99. The summed E-state index contributed by atoms with van der Waals surface area (Å²) in [5, 5.41) is 6.60. The first-order valence-electron chi connectivity index (χ1n) is 14.9. The maximum atomic E-state index is 14.1. The number of sulfonamides is 1. The van der Waals surface area contributed by atoms with Crippen molar-refractivity contribution in [2.24, 2.45) is 11.3 Å². The molecular formula is C30H38N6O8S2. The molecule has 46 heavy (non-hydrogen) atoms. The van der Waals surface area contributed by atoms with Crippen LogP contribution in [0.3, 0.4) is 0 Å². The van der Waals surface area contributed by atoms with Gasteiger partial charge in [-0.1, -0.05) is 32.9 Å². The quantitative estimate of drug-likeness (QED) is 0.298. The van der Waals surface area contributed by atoms with Crippen molar-refractivity contribution in [3.05, 3.63) is 42.4 Å². The van der Waals surface area contributed by atoms with Gasteiger partial charge in [0.05, 0.1) is 29.5 Å². The van der Waals surface area contributed by atoms with E-state index < -0.39 is 74.1 Å². The Hall–Kier alpha value is -4.05. The molecule has 5 atom stereocenters. The summed E-state index contributed by atoms with van der Waals surface area (Å²) < 4.78 is 38.1. The molecule has 1 saturated heterocycles. The Morgan fingerprint density at radius 3 is 2.54 bits per heavy atom. The Labute approximate surface area is 271 Å². The number of ether oxygens (including phenoxy) is 2. The lowest BCUT2D eigenvalue weighted by molar-refractivity contribution is -0.142. The van der Waals surface area contributed by atoms with Crippen LogP contribution in [0.1, 0.15) is 46.5 Å². The average Bonchev–Trinajstić information content (AvgIpc) is 3.87. The number of alkyl carbamates (subject to hydrolysis) is 1. The summed E-state index contributed by atoms with van der Waals surface area (Å²) in [5.74, 6) is -2.61. The summed E-state index contributed by atoms with van der Waals surface area (Å²) in [7, 11) is -2.70. The van der Waals surface area contributed by atoms with E-state index in [9.17, 15) is 27.6 Å². The van der Waals surface area contributed by atoms with Crippen LogP contribution in [0, 0.1) is 11.3 Å². The van der Waals surface area contributed by atoms with Crippen LogP contribution >= 0.6 is 11.3 Å². The number of thiophene rings is 1. The van der Waals surface area contributed by atoms with Gasteiger partial charge in [-0.25, -0.2) is 18.2 Å². The third-order valence-electron chi connectivity index (χ3n) is 8.34. The van der Waals surface area contributed by atoms with Crippen molar-refractivity contribution < 1.29 is 37.1 Å². The van der Waals surface area contributed by atoms with Crippen LogP contribution in [0.25, 0.3) is 10.6 Å². The lowest BCUT2D eigenvalue weighted by atomic mass is 9.85. The Balaban J connectivity index is 1.41. The van der Waals surface area contributed by atoms with Crippen molar-refractivity contribution in [2.75, 3.05) is 13.7 Å². The average molecular weight is 675 g/mol. The Morgan fingerprint density at radius 2 is 1.96 bits per heavy atom. The van der Waals surface area contributed by atoms with E-state index in [0.29, 0.717) is 18.5 Å². The molecule has 1 unspecified atom stereocenters. The van der Waals surface area contributed by atoms with Gasteiger partial charge in [0.25, 0.3) is 5.91 Å². The van der Waals surface area contributed by atoms with E-state index in [-0.39, 0.29) is 25.4 Å². The first-order chi connectivity index (χ1) is 21.7. The maximum Gasteiger partial charge on any atom is 0.407 e. The van der Waals surface area contributed by atoms with Crippen molar-refractivity contribution in [3.63, 3.8) is 0 Å². The van der Waals surface area contributed by atoms with Crippen LogP contribution in [-0.4, -0.2) is 89.7 Å². The van der Waals surface area contributed by atoms with E-state index in [1.807, 2.05) is 17.5 Å². The van der Waals surface area contributed by atoms with Crippen molar-refractivity contribution >= 4 is 45.2 Å². The number of hydrogen-bond donors (Lipinski definition) is 3. The molecule has 16 heteroatoms. The van der Waals surface area contributed by atoms with Gasteiger partial charge in [0.15, 0.2) is 0 Å². The van der Waals surface area contributed by atoms with E-state index in [4.69, 9.17) is 9.47 Å². The second-order valence-electron chi connectivity index (χ2n) is 12.8. The van der Waals surface area contributed by atoms with Crippen LogP contribution in [0.2, 0.25) is 0 Å². The second kappa shape index (κ2) is 12.6. The number of carbonyl (C=O) groups is 4. The second-order valence-corrected chi connectivity index (χ2v) is 15.7. The lowest BCUT2D eigenvalue weighted by Gasteiger charge is -2.35. The molecule has 4 amide bonds. The van der Waals surface area contributed by atoms with E-state index >= 15 is 0 Å². The molecule has 2 aliphatic carbocycles. The fourth-order valence-electron chi connectivity index (χ4n) is 5.49. The van der Waals surface area contributed by atoms with Crippen LogP contribution in [0.4, 0.5) is 4.79 Å². The maximum absolute atomic E-state index is 14.1. The molecule has 2 aromatic heterocycles. The highest BCUT2D eigenvalue weighted by molar-refractivity contribution is 7.91. The highest BCUT2D eigenvalue weighted by Gasteiger charge is 2.62. The molecule has 0 radical (unpaired) electrons. The van der Waals surface area contributed by atoms with E-state index in [1.165, 1.54) is 29.4 Å². The van der Waals surface area contributed by atoms with Gasteiger partial charge in [-0.3, -0.25) is 19.1 Å². The molecule has 2 saturated carbocycles. The molecule has 1 aliphatic heterocycles. The predicted molar refractivity (Wildman–Crippen MR) is 168 cm³/mol. The van der Waals surface area contributed by atoms with Crippen molar-refractivity contribution in [2.45, 2.75) is 75.4 Å². The first-order valence-corrected chi connectivity index (χ1v) is 17.3. The van der Waals surface area contributed by atoms with Gasteiger partial charge in [-0.05, 0) is 42.2 Å². The van der Waals surface area contributed by atoms with Crippen LogP contribution in [0.15, 0.2) is 42.4 Å². The van der Waals surface area contributed by atoms with E-state index in [0.717, 1.165) is 4.88 Å². The molecule has 3 aliphatic rings. The third-order valence-corrected chi connectivity index (χ3v) is 11.0. The summed E-state index contributed by atoms with van der Waals surface area (Å²) in [5.41, 5.74) is -1.68. The molecule has 2 aromatic rings. The number of rotatable bonds is 11. The minimum atomic E-state index is -3.88. The number of amides is 4. The van der Waals surface area contributed by atoms with Crippen molar-refractivity contribution in [1.82, 2.24) is 30.2 Å². The zero-order chi connectivity index (χ0) is 33.4. The summed E-state index contributed by atoms with van der Waals surface area (Å²) in [6.45, 7) is 8.95. The molecule has 0 bridgehead atoms. The molecule has 0 aromatic carbocycles. The molecule has 248 valence electrons. The molecule has 5 rings (SSSR count). The number of nitrogens with zero attached hydrogens (tertiary/aromatic N) is 3. The number of hydrogen-bond acceptors (Lipinski definition) is 11. The van der Waals surface area contributed by atoms with Gasteiger partial charge >= 0.3 is 12.1 Å². The van der Waals surface area contributed by atoms with Crippen molar-refractivity contribution in [1.29, 1.82) is 0 Å². The van der Waals surface area contributed by atoms with Crippen LogP contribution in [-0.2, 0) is 29.1 Å². The van der Waals surface area contributed by atoms with Gasteiger partial charge in [-0.2, -0.15) is 4.98 Å². The Kier molecular flexibility index (Phi) is 9.14. The molecular weight excluding hydrogens is 636 g/mol. The fourth-order valence-corrected chi connectivity index (χ4v) is 7.55. The molecule has 0 spiro atoms. The Morgan fingerprint density at radius 1 is 1.22 bits per heavy atom. The summed E-state index contributed by atoms with van der Waals surface area (Å²) in [6, 6.07) is 3.37. The zero-order valence-corrected chi connectivity index (χ0v) is 27.7. The highest BCUT2D eigenvalue weighted by atomic mass is 32.2. The van der Waals surface area contributed by atoms with Crippen LogP contribution < -0.4 is 20.1 Å². The number of nitrogens with one attached hydrogen (secondary N) is 3. The fraction of sp³-hybridized carbons (Fsp3) is 0.533. The summed E-state index contributed by atoms with van der Waals surface area (Å²) >= 11 is 1.50. The zero-order valence-electron chi connectivity index (χ0n) is 26.0. The normalized spacial score (nSPS) is 24.8. The topological polar surface area (TPSA) is 186 Å². The molecule has 3 fully saturated rings. The number of methoxy groups -OCH3 is 1. The standard InChI is InChI=1S/C30H38N6O8S2/c1-6-17-15-30(17,26(39)35-46(41,42)19-9-10-19)34-24(37)21-14-18(44-27-31-12-11-20(32-27)22-8-7-13-45-22)16-36(21)25(38)23(29(2,3)4)33-28(40)43-5/h6-8,11-13,17-19,21,23H,1,9-10,14-16H2,2-5H3,(H,33,40)(H,34,37)(H,35,39)/t17?,18-,21+,23-,30-/m1/s1. The van der Waals surface area contributed by atoms with Gasteiger partial charge in [0.2, 0.25) is 21.8 Å². The summed E-state index contributed by atoms with van der Waals surface area (Å²) in [6.07, 6.45) is 2.56. The SMILES string of the molecule is C=CC1C[C@]1(NC(=O)[C@@H]1C[C@@H](Oc2nccc(-c3cccs3)n2)CN1C(=O)[C@@H](NC(=O)OC)C(C)(C)C)C(=O)NS(=O)(=O)C1CC1.